The van der Waals surface area contributed by atoms with Crippen LogP contribution in [0.2, 0.25) is 0 Å². The van der Waals surface area contributed by atoms with E-state index in [4.69, 9.17) is 0 Å². The number of nitrogens with one attached hydrogen (secondary N) is 3. The van der Waals surface area contributed by atoms with E-state index in [1.807, 2.05) is 4.98 Å². The summed E-state index contributed by atoms with van der Waals surface area (Å²) >= 11 is 0. The molecule has 0 aromatic carbocycles. The summed E-state index contributed by atoms with van der Waals surface area (Å²) in [6.45, 7) is 5.18. The first-order valence-corrected chi connectivity index (χ1v) is 5.77. The Kier molecular flexibility index (Phi) is 3.45. The highest BCUT2D eigenvalue weighted by Gasteiger charge is 2.17. The van der Waals surface area contributed by atoms with E-state index >= 15 is 0 Å². The van der Waals surface area contributed by atoms with Gasteiger partial charge < -0.3 is 4.98 Å². The van der Waals surface area contributed by atoms with Crippen molar-refractivity contribution in [2.75, 3.05) is 6.54 Å². The first-order chi connectivity index (χ1) is 7.33. The number of aromatic nitrogens is 2. The van der Waals surface area contributed by atoms with Gasteiger partial charge in [-0.25, -0.2) is 17.9 Å². The van der Waals surface area contributed by atoms with Crippen molar-refractivity contribution in [2.45, 2.75) is 11.8 Å². The van der Waals surface area contributed by atoms with Crippen molar-refractivity contribution in [3.8, 4) is 0 Å². The van der Waals surface area contributed by atoms with Gasteiger partial charge in [0.2, 0.25) is 10.0 Å². The molecule has 1 heterocycles. The maximum Gasteiger partial charge on any atom is 0.325 e. The van der Waals surface area contributed by atoms with E-state index in [-0.39, 0.29) is 6.54 Å². The highest BCUT2D eigenvalue weighted by atomic mass is 32.2. The molecule has 0 aliphatic rings. The predicted molar refractivity (Wildman–Crippen MR) is 57.7 cm³/mol. The molecule has 0 unspecified atom stereocenters. The quantitative estimate of drug-likeness (QED) is 0.585. The summed E-state index contributed by atoms with van der Waals surface area (Å²) in [5.74, 6) is 0. The van der Waals surface area contributed by atoms with Crippen LogP contribution in [0.4, 0.5) is 0 Å². The van der Waals surface area contributed by atoms with Crippen LogP contribution in [0.25, 0.3) is 0 Å². The topological polar surface area (TPSA) is 112 Å². The molecule has 0 saturated heterocycles. The van der Waals surface area contributed by atoms with Crippen molar-refractivity contribution >= 4 is 10.0 Å². The monoisotopic (exact) mass is 245 g/mol. The lowest BCUT2D eigenvalue weighted by Gasteiger charge is -2.04. The molecular formula is C8H11N3O4S. The third-order valence-electron chi connectivity index (χ3n) is 1.64. The standard InChI is InChI=1S/C8H11N3O4S/c1-5(2)3-10-16(14,15)6-4-9-8(13)11-7(6)12/h4,10H,1,3H2,2H3,(H2,9,11,12,13). The van der Waals surface area contributed by atoms with Crippen LogP contribution < -0.4 is 16.0 Å². The molecule has 0 bridgehead atoms. The maximum absolute atomic E-state index is 11.6. The molecule has 0 atom stereocenters. The molecule has 1 aromatic rings. The van der Waals surface area contributed by atoms with Gasteiger partial charge in [-0.1, -0.05) is 12.2 Å². The summed E-state index contributed by atoms with van der Waals surface area (Å²) < 4.78 is 25.3. The minimum absolute atomic E-state index is 0.0287. The Hall–Kier alpha value is -1.67. The average molecular weight is 245 g/mol. The molecule has 0 radical (unpaired) electrons. The molecule has 3 N–H and O–H groups in total. The second-order valence-electron chi connectivity index (χ2n) is 3.22. The summed E-state index contributed by atoms with van der Waals surface area (Å²) in [5, 5.41) is 0. The third kappa shape index (κ3) is 2.91. The molecule has 0 aliphatic carbocycles. The lowest BCUT2D eigenvalue weighted by atomic mass is 10.4. The smallest absolute Gasteiger partial charge is 0.313 e. The molecule has 0 amide bonds. The van der Waals surface area contributed by atoms with Crippen molar-refractivity contribution in [3.63, 3.8) is 0 Å². The zero-order valence-electron chi connectivity index (χ0n) is 8.53. The van der Waals surface area contributed by atoms with E-state index in [0.29, 0.717) is 5.57 Å². The maximum atomic E-state index is 11.6. The van der Waals surface area contributed by atoms with Gasteiger partial charge in [0.1, 0.15) is 0 Å². The molecule has 7 nitrogen and oxygen atoms in total. The van der Waals surface area contributed by atoms with Gasteiger partial charge in [0, 0.05) is 12.7 Å². The van der Waals surface area contributed by atoms with E-state index in [2.05, 4.69) is 16.3 Å². The summed E-state index contributed by atoms with van der Waals surface area (Å²) in [6.07, 6.45) is 0.849. The van der Waals surface area contributed by atoms with Crippen LogP contribution in [0.5, 0.6) is 0 Å². The number of rotatable bonds is 4. The van der Waals surface area contributed by atoms with Crippen LogP contribution in [0.15, 0.2) is 32.8 Å². The lowest BCUT2D eigenvalue weighted by molar-refractivity contribution is 0.582. The van der Waals surface area contributed by atoms with Gasteiger partial charge in [0.05, 0.1) is 0 Å². The number of sulfonamides is 1. The summed E-state index contributed by atoms with van der Waals surface area (Å²) in [5.41, 5.74) is -1.12. The molecule has 1 rings (SSSR count). The van der Waals surface area contributed by atoms with Gasteiger partial charge >= 0.3 is 5.69 Å². The second kappa shape index (κ2) is 4.45. The van der Waals surface area contributed by atoms with Crippen molar-refractivity contribution in [3.05, 3.63) is 39.2 Å². The van der Waals surface area contributed by atoms with Crippen LogP contribution in [0.3, 0.4) is 0 Å². The van der Waals surface area contributed by atoms with E-state index in [0.717, 1.165) is 6.20 Å². The highest BCUT2D eigenvalue weighted by Crippen LogP contribution is 1.98. The largest absolute Gasteiger partial charge is 0.325 e. The first kappa shape index (κ1) is 12.4. The first-order valence-electron chi connectivity index (χ1n) is 4.29. The Balaban J connectivity index is 3.13. The fourth-order valence-corrected chi connectivity index (χ4v) is 1.99. The molecule has 0 fully saturated rings. The summed E-state index contributed by atoms with van der Waals surface area (Å²) in [7, 11) is -3.93. The van der Waals surface area contributed by atoms with Crippen molar-refractivity contribution in [1.29, 1.82) is 0 Å². The van der Waals surface area contributed by atoms with Crippen LogP contribution >= 0.6 is 0 Å². The van der Waals surface area contributed by atoms with E-state index in [1.54, 1.807) is 6.92 Å². The minimum Gasteiger partial charge on any atom is -0.313 e. The van der Waals surface area contributed by atoms with Gasteiger partial charge in [-0.15, -0.1) is 0 Å². The van der Waals surface area contributed by atoms with Gasteiger partial charge in [0.25, 0.3) is 5.56 Å². The molecule has 0 aliphatic heterocycles. The van der Waals surface area contributed by atoms with Gasteiger partial charge in [-0.2, -0.15) is 0 Å². The summed E-state index contributed by atoms with van der Waals surface area (Å²) in [4.78, 5) is 25.3. The Bertz CT molecular complexity index is 611. The predicted octanol–water partition coefficient (Wildman–Crippen LogP) is -1.08. The van der Waals surface area contributed by atoms with Crippen LogP contribution in [-0.2, 0) is 10.0 Å². The fourth-order valence-electron chi connectivity index (χ4n) is 0.893. The average Bonchev–Trinajstić information content (AvgIpc) is 2.14. The van der Waals surface area contributed by atoms with E-state index in [1.165, 1.54) is 0 Å². The Morgan fingerprint density at radius 1 is 1.50 bits per heavy atom. The lowest BCUT2D eigenvalue weighted by Crippen LogP contribution is -2.33. The molecule has 1 aromatic heterocycles. The van der Waals surface area contributed by atoms with Crippen molar-refractivity contribution in [2.24, 2.45) is 0 Å². The van der Waals surface area contributed by atoms with Gasteiger partial charge in [-0.05, 0) is 6.92 Å². The SMILES string of the molecule is C=C(C)CNS(=O)(=O)c1c[nH]c(=O)[nH]c1=O. The zero-order chi connectivity index (χ0) is 12.3. The molecular weight excluding hydrogens is 234 g/mol. The van der Waals surface area contributed by atoms with Gasteiger partial charge in [0.15, 0.2) is 4.90 Å². The van der Waals surface area contributed by atoms with E-state index < -0.39 is 26.2 Å². The molecule has 8 heteroatoms. The second-order valence-corrected chi connectivity index (χ2v) is 4.95. The number of H-pyrrole nitrogens is 2. The summed E-state index contributed by atoms with van der Waals surface area (Å²) in [6, 6.07) is 0. The fraction of sp³-hybridized carbons (Fsp3) is 0.250. The number of hydrogen-bond donors (Lipinski definition) is 3. The van der Waals surface area contributed by atoms with Crippen molar-refractivity contribution < 1.29 is 8.42 Å². The van der Waals surface area contributed by atoms with Crippen molar-refractivity contribution in [1.82, 2.24) is 14.7 Å². The Morgan fingerprint density at radius 2 is 2.12 bits per heavy atom. The third-order valence-corrected chi connectivity index (χ3v) is 3.05. The number of aromatic amines is 2. The van der Waals surface area contributed by atoms with E-state index in [9.17, 15) is 18.0 Å². The highest BCUT2D eigenvalue weighted by molar-refractivity contribution is 7.89. The molecule has 88 valence electrons. The number of hydrogen-bond acceptors (Lipinski definition) is 4. The Labute approximate surface area is 91.3 Å². The van der Waals surface area contributed by atoms with Crippen LogP contribution in [-0.4, -0.2) is 24.9 Å². The van der Waals surface area contributed by atoms with Crippen LogP contribution in [0, 0.1) is 0 Å². The van der Waals surface area contributed by atoms with Crippen LogP contribution in [0.1, 0.15) is 6.92 Å². The van der Waals surface area contributed by atoms with Gasteiger partial charge in [-0.3, -0.25) is 9.78 Å². The molecule has 0 saturated carbocycles. The Morgan fingerprint density at radius 3 is 2.62 bits per heavy atom. The molecule has 16 heavy (non-hydrogen) atoms. The zero-order valence-corrected chi connectivity index (χ0v) is 9.35. The normalized spacial score (nSPS) is 11.3. The minimum atomic E-state index is -3.93. The molecule has 0 spiro atoms.